The minimum absolute atomic E-state index is 0.0713. The van der Waals surface area contributed by atoms with Crippen LogP contribution in [-0.4, -0.2) is 37.5 Å². The molecule has 8 heteroatoms. The van der Waals surface area contributed by atoms with E-state index in [1.807, 2.05) is 38.1 Å². The van der Waals surface area contributed by atoms with Crippen molar-refractivity contribution in [2.45, 2.75) is 13.8 Å². The molecule has 0 atom stereocenters. The number of aryl methyl sites for hydroxylation is 1. The predicted molar refractivity (Wildman–Crippen MR) is 115 cm³/mol. The van der Waals surface area contributed by atoms with E-state index in [1.54, 1.807) is 24.4 Å². The molecule has 2 rings (SSSR count). The first-order valence-electron chi connectivity index (χ1n) is 8.76. The van der Waals surface area contributed by atoms with Gasteiger partial charge in [-0.05, 0) is 62.0 Å². The van der Waals surface area contributed by atoms with E-state index in [9.17, 15) is 4.79 Å². The van der Waals surface area contributed by atoms with E-state index in [1.165, 1.54) is 12.7 Å². The van der Waals surface area contributed by atoms with E-state index in [0.29, 0.717) is 23.2 Å². The van der Waals surface area contributed by atoms with E-state index in [4.69, 9.17) is 21.7 Å². The number of thiocarbonyl (C=S) groups is 1. The summed E-state index contributed by atoms with van der Waals surface area (Å²) in [5.41, 5.74) is 5.61. The molecule has 2 aromatic carbocycles. The molecule has 0 bridgehead atoms. The van der Waals surface area contributed by atoms with E-state index in [0.717, 1.165) is 11.3 Å². The summed E-state index contributed by atoms with van der Waals surface area (Å²) in [6.07, 6.45) is 1.61. The number of carbonyl (C=O) groups excluding carboxylic acids is 1. The van der Waals surface area contributed by atoms with Crippen LogP contribution in [0.5, 0.6) is 11.5 Å². The molecule has 0 heterocycles. The Morgan fingerprint density at radius 3 is 2.61 bits per heavy atom. The molecule has 3 N–H and O–H groups in total. The van der Waals surface area contributed by atoms with E-state index in [-0.39, 0.29) is 12.5 Å². The summed E-state index contributed by atoms with van der Waals surface area (Å²) in [5, 5.41) is 10.2. The highest BCUT2D eigenvalue weighted by Gasteiger charge is 2.07. The van der Waals surface area contributed by atoms with Crippen molar-refractivity contribution in [1.82, 2.24) is 10.7 Å². The van der Waals surface area contributed by atoms with E-state index in [2.05, 4.69) is 21.2 Å². The summed E-state index contributed by atoms with van der Waals surface area (Å²) in [4.78, 5) is 11.5. The van der Waals surface area contributed by atoms with Gasteiger partial charge in [0.25, 0.3) is 5.91 Å². The number of methoxy groups -OCH3 is 1. The molecule has 0 fully saturated rings. The highest BCUT2D eigenvalue weighted by molar-refractivity contribution is 7.80. The molecular formula is C20H24N4O3S. The molecule has 0 aliphatic rings. The zero-order valence-electron chi connectivity index (χ0n) is 16.1. The molecule has 0 aliphatic carbocycles. The standard InChI is InChI=1S/C20H24N4O3S/c1-4-21-19(25)13-27-17-10-7-15(11-18(17)26-3)12-22-24-20(28)23-16-8-5-14(2)6-9-16/h5-12H,4,13H2,1-3H3,(H,21,25)(H2,23,24,28)/b22-12-. The third-order valence-electron chi connectivity index (χ3n) is 3.61. The molecule has 0 radical (unpaired) electrons. The first-order chi connectivity index (χ1) is 13.5. The fourth-order valence-corrected chi connectivity index (χ4v) is 2.41. The summed E-state index contributed by atoms with van der Waals surface area (Å²) in [6, 6.07) is 13.2. The number of amides is 1. The first-order valence-corrected chi connectivity index (χ1v) is 9.17. The number of likely N-dealkylation sites (N-methyl/N-ethyl adjacent to an activating group) is 1. The lowest BCUT2D eigenvalue weighted by Crippen LogP contribution is -2.28. The highest BCUT2D eigenvalue weighted by Crippen LogP contribution is 2.27. The summed E-state index contributed by atoms with van der Waals surface area (Å²) in [6.45, 7) is 4.36. The smallest absolute Gasteiger partial charge is 0.257 e. The Morgan fingerprint density at radius 2 is 1.93 bits per heavy atom. The summed E-state index contributed by atoms with van der Waals surface area (Å²) >= 11 is 5.22. The van der Waals surface area contributed by atoms with Crippen LogP contribution < -0.4 is 25.5 Å². The number of carbonyl (C=O) groups is 1. The molecule has 2 aromatic rings. The van der Waals surface area contributed by atoms with Crippen LogP contribution in [0.3, 0.4) is 0 Å². The van der Waals surface area contributed by atoms with Crippen LogP contribution in [0.4, 0.5) is 5.69 Å². The molecule has 28 heavy (non-hydrogen) atoms. The molecule has 0 saturated heterocycles. The Balaban J connectivity index is 1.91. The number of anilines is 1. The van der Waals surface area contributed by atoms with Gasteiger partial charge in [-0.25, -0.2) is 0 Å². The largest absolute Gasteiger partial charge is 0.493 e. The minimum Gasteiger partial charge on any atom is -0.493 e. The van der Waals surface area contributed by atoms with Gasteiger partial charge in [-0.2, -0.15) is 5.10 Å². The monoisotopic (exact) mass is 400 g/mol. The molecule has 0 spiro atoms. The molecule has 0 unspecified atom stereocenters. The maximum atomic E-state index is 11.5. The number of hydrogen-bond donors (Lipinski definition) is 3. The van der Waals surface area contributed by atoms with Crippen molar-refractivity contribution in [3.63, 3.8) is 0 Å². The van der Waals surface area contributed by atoms with Gasteiger partial charge in [0.15, 0.2) is 23.2 Å². The lowest BCUT2D eigenvalue weighted by atomic mass is 10.2. The molecule has 7 nitrogen and oxygen atoms in total. The van der Waals surface area contributed by atoms with Gasteiger partial charge in [-0.15, -0.1) is 0 Å². The van der Waals surface area contributed by atoms with Crippen LogP contribution in [0.2, 0.25) is 0 Å². The van der Waals surface area contributed by atoms with E-state index < -0.39 is 0 Å². The third-order valence-corrected chi connectivity index (χ3v) is 3.80. The van der Waals surface area contributed by atoms with Gasteiger partial charge in [0.05, 0.1) is 13.3 Å². The fourth-order valence-electron chi connectivity index (χ4n) is 2.24. The van der Waals surface area contributed by atoms with Gasteiger partial charge in [0.2, 0.25) is 0 Å². The molecule has 0 aliphatic heterocycles. The maximum Gasteiger partial charge on any atom is 0.257 e. The van der Waals surface area contributed by atoms with Gasteiger partial charge in [0, 0.05) is 12.2 Å². The average molecular weight is 401 g/mol. The van der Waals surface area contributed by atoms with Gasteiger partial charge >= 0.3 is 0 Å². The van der Waals surface area contributed by atoms with Gasteiger partial charge in [-0.3, -0.25) is 10.2 Å². The van der Waals surface area contributed by atoms with Crippen LogP contribution in [0.1, 0.15) is 18.1 Å². The van der Waals surface area contributed by atoms with Gasteiger partial charge < -0.3 is 20.1 Å². The van der Waals surface area contributed by atoms with Crippen molar-refractivity contribution in [2.24, 2.45) is 5.10 Å². The Morgan fingerprint density at radius 1 is 1.18 bits per heavy atom. The number of benzene rings is 2. The van der Waals surface area contributed by atoms with Crippen LogP contribution in [0, 0.1) is 6.92 Å². The Hall–Kier alpha value is -3.13. The average Bonchev–Trinajstić information content (AvgIpc) is 2.68. The third kappa shape index (κ3) is 6.88. The summed E-state index contributed by atoms with van der Waals surface area (Å²) in [5.74, 6) is 0.804. The lowest BCUT2D eigenvalue weighted by Gasteiger charge is -2.11. The lowest BCUT2D eigenvalue weighted by molar-refractivity contribution is -0.123. The molecule has 1 amide bonds. The quantitative estimate of drug-likeness (QED) is 0.359. The van der Waals surface area contributed by atoms with Crippen LogP contribution in [-0.2, 0) is 4.79 Å². The zero-order valence-corrected chi connectivity index (χ0v) is 16.9. The van der Waals surface area contributed by atoms with Crippen molar-refractivity contribution >= 4 is 35.1 Å². The summed E-state index contributed by atoms with van der Waals surface area (Å²) < 4.78 is 10.8. The van der Waals surface area contributed by atoms with Crippen molar-refractivity contribution in [1.29, 1.82) is 0 Å². The van der Waals surface area contributed by atoms with Crippen molar-refractivity contribution in [2.75, 3.05) is 25.6 Å². The molecule has 148 valence electrons. The number of hydrazone groups is 1. The van der Waals surface area contributed by atoms with Gasteiger partial charge in [0.1, 0.15) is 0 Å². The second-order valence-electron chi connectivity index (χ2n) is 5.84. The molecule has 0 saturated carbocycles. The Kier molecular flexibility index (Phi) is 8.23. The normalized spacial score (nSPS) is 10.4. The number of nitrogens with zero attached hydrogens (tertiary/aromatic N) is 1. The Labute approximate surface area is 170 Å². The second-order valence-corrected chi connectivity index (χ2v) is 6.25. The SMILES string of the molecule is CCNC(=O)COc1ccc(/C=N\NC(=S)Nc2ccc(C)cc2)cc1OC. The highest BCUT2D eigenvalue weighted by atomic mass is 32.1. The zero-order chi connectivity index (χ0) is 20.4. The maximum absolute atomic E-state index is 11.5. The number of nitrogens with one attached hydrogen (secondary N) is 3. The number of ether oxygens (including phenoxy) is 2. The van der Waals surface area contributed by atoms with Gasteiger partial charge in [-0.1, -0.05) is 17.7 Å². The topological polar surface area (TPSA) is 84.0 Å². The second kappa shape index (κ2) is 10.9. The molecule has 0 aromatic heterocycles. The Bertz CT molecular complexity index is 838. The molecular weight excluding hydrogens is 376 g/mol. The number of hydrogen-bond acceptors (Lipinski definition) is 5. The van der Waals surface area contributed by atoms with Crippen LogP contribution in [0.15, 0.2) is 47.6 Å². The first kappa shape index (κ1) is 21.2. The number of rotatable bonds is 8. The van der Waals surface area contributed by atoms with Crippen molar-refractivity contribution in [3.05, 3.63) is 53.6 Å². The summed E-state index contributed by atoms with van der Waals surface area (Å²) in [7, 11) is 1.54. The predicted octanol–water partition coefficient (Wildman–Crippen LogP) is 2.84. The van der Waals surface area contributed by atoms with Crippen molar-refractivity contribution in [3.8, 4) is 11.5 Å². The minimum atomic E-state index is -0.186. The van der Waals surface area contributed by atoms with E-state index >= 15 is 0 Å². The van der Waals surface area contributed by atoms with Crippen LogP contribution >= 0.6 is 12.2 Å². The van der Waals surface area contributed by atoms with Crippen molar-refractivity contribution < 1.29 is 14.3 Å². The van der Waals surface area contributed by atoms with Crippen LogP contribution in [0.25, 0.3) is 0 Å². The fraction of sp³-hybridized carbons (Fsp3) is 0.250.